The highest BCUT2D eigenvalue weighted by atomic mass is 32.1. The molecule has 1 aromatic carbocycles. The summed E-state index contributed by atoms with van der Waals surface area (Å²) in [5.41, 5.74) is 7.04. The number of anilines is 1. The highest BCUT2D eigenvalue weighted by Gasteiger charge is 2.33. The number of non-ortho nitro benzene ring substituents is 1. The van der Waals surface area contributed by atoms with E-state index in [-0.39, 0.29) is 16.7 Å². The molecule has 1 aliphatic carbocycles. The lowest BCUT2D eigenvalue weighted by molar-refractivity contribution is -0.384. The summed E-state index contributed by atoms with van der Waals surface area (Å²) in [6.45, 7) is 6.61. The van der Waals surface area contributed by atoms with Gasteiger partial charge in [0.05, 0.1) is 10.5 Å². The van der Waals surface area contributed by atoms with E-state index < -0.39 is 16.7 Å². The smallest absolute Gasteiger partial charge is 0.270 e. The van der Waals surface area contributed by atoms with E-state index in [2.05, 4.69) is 26.1 Å². The van der Waals surface area contributed by atoms with Gasteiger partial charge in [0.1, 0.15) is 5.00 Å². The molecular weight excluding hydrogens is 378 g/mol. The summed E-state index contributed by atoms with van der Waals surface area (Å²) >= 11 is 1.38. The number of nitrogens with one attached hydrogen (secondary N) is 1. The van der Waals surface area contributed by atoms with Gasteiger partial charge < -0.3 is 11.1 Å². The third kappa shape index (κ3) is 3.91. The van der Waals surface area contributed by atoms with Crippen LogP contribution in [-0.4, -0.2) is 16.7 Å². The molecule has 0 saturated heterocycles. The van der Waals surface area contributed by atoms with Gasteiger partial charge in [0.25, 0.3) is 17.5 Å². The maximum atomic E-state index is 12.6. The first-order valence-corrected chi connectivity index (χ1v) is 9.89. The Morgan fingerprint density at radius 3 is 2.64 bits per heavy atom. The molecule has 0 aliphatic heterocycles. The fourth-order valence-corrected chi connectivity index (χ4v) is 4.94. The maximum Gasteiger partial charge on any atom is 0.270 e. The average molecular weight is 401 g/mol. The van der Waals surface area contributed by atoms with Gasteiger partial charge in [-0.05, 0) is 42.2 Å². The van der Waals surface area contributed by atoms with Crippen LogP contribution in [0.2, 0.25) is 0 Å². The number of hydrogen-bond acceptors (Lipinski definition) is 5. The summed E-state index contributed by atoms with van der Waals surface area (Å²) in [6.07, 6.45) is 2.56. The second-order valence-corrected chi connectivity index (χ2v) is 9.24. The Morgan fingerprint density at radius 1 is 1.32 bits per heavy atom. The third-order valence-corrected chi connectivity index (χ3v) is 6.45. The van der Waals surface area contributed by atoms with Gasteiger partial charge in [-0.1, -0.05) is 26.8 Å². The summed E-state index contributed by atoms with van der Waals surface area (Å²) in [7, 11) is 0. The van der Waals surface area contributed by atoms with Crippen molar-refractivity contribution in [1.29, 1.82) is 0 Å². The number of nitro groups is 1. The standard InChI is InChI=1S/C20H23N3O4S/c1-20(2,3)12-7-8-14-15(10-12)28-19(16(14)17(21)24)22-18(25)11-5-4-6-13(9-11)23(26)27/h4-6,9,12H,7-8,10H2,1-3H3,(H2,21,24)(H,22,25). The second kappa shape index (κ2) is 7.35. The normalized spacial score (nSPS) is 16.3. The minimum absolute atomic E-state index is 0.154. The van der Waals surface area contributed by atoms with Crippen LogP contribution in [0.4, 0.5) is 10.7 Å². The summed E-state index contributed by atoms with van der Waals surface area (Å²) < 4.78 is 0. The lowest BCUT2D eigenvalue weighted by atomic mass is 9.72. The van der Waals surface area contributed by atoms with E-state index in [4.69, 9.17) is 5.73 Å². The van der Waals surface area contributed by atoms with Crippen LogP contribution in [0.3, 0.4) is 0 Å². The highest BCUT2D eigenvalue weighted by molar-refractivity contribution is 7.17. The molecule has 148 valence electrons. The Hall–Kier alpha value is -2.74. The minimum atomic E-state index is -0.568. The van der Waals surface area contributed by atoms with Crippen molar-refractivity contribution < 1.29 is 14.5 Å². The lowest BCUT2D eigenvalue weighted by Gasteiger charge is -2.33. The Morgan fingerprint density at radius 2 is 2.04 bits per heavy atom. The molecule has 0 fully saturated rings. The molecule has 0 radical (unpaired) electrons. The molecule has 0 spiro atoms. The molecule has 2 aromatic rings. The Balaban J connectivity index is 1.92. The number of fused-ring (bicyclic) bond motifs is 1. The quantitative estimate of drug-likeness (QED) is 0.591. The zero-order valence-corrected chi connectivity index (χ0v) is 16.9. The predicted molar refractivity (Wildman–Crippen MR) is 109 cm³/mol. The first kappa shape index (κ1) is 20.0. The number of amides is 2. The molecule has 1 aromatic heterocycles. The number of hydrogen-bond donors (Lipinski definition) is 2. The first-order chi connectivity index (χ1) is 13.1. The van der Waals surface area contributed by atoms with E-state index in [0.717, 1.165) is 29.7 Å². The van der Waals surface area contributed by atoms with Gasteiger partial charge in [0, 0.05) is 22.6 Å². The predicted octanol–water partition coefficient (Wildman–Crippen LogP) is 4.16. The first-order valence-electron chi connectivity index (χ1n) is 9.08. The van der Waals surface area contributed by atoms with Gasteiger partial charge in [-0.15, -0.1) is 11.3 Å². The van der Waals surface area contributed by atoms with Crippen molar-refractivity contribution in [2.45, 2.75) is 40.0 Å². The highest BCUT2D eigenvalue weighted by Crippen LogP contribution is 2.44. The van der Waals surface area contributed by atoms with Crippen LogP contribution < -0.4 is 11.1 Å². The van der Waals surface area contributed by atoms with Gasteiger partial charge in [-0.3, -0.25) is 19.7 Å². The SMILES string of the molecule is CC(C)(C)C1CCc2c(sc(NC(=O)c3cccc([N+](=O)[O-])c3)c2C(N)=O)C1. The zero-order valence-electron chi connectivity index (χ0n) is 16.1. The number of nitrogens with two attached hydrogens (primary N) is 1. The molecule has 7 nitrogen and oxygen atoms in total. The zero-order chi connectivity index (χ0) is 20.6. The van der Waals surface area contributed by atoms with Gasteiger partial charge in [0.2, 0.25) is 0 Å². The van der Waals surface area contributed by atoms with E-state index in [9.17, 15) is 19.7 Å². The van der Waals surface area contributed by atoms with Crippen LogP contribution in [0.5, 0.6) is 0 Å². The molecule has 3 rings (SSSR count). The van der Waals surface area contributed by atoms with Crippen LogP contribution in [0.1, 0.15) is 58.3 Å². The van der Waals surface area contributed by atoms with Gasteiger partial charge >= 0.3 is 0 Å². The van der Waals surface area contributed by atoms with Gasteiger partial charge in [0.15, 0.2) is 0 Å². The van der Waals surface area contributed by atoms with Crippen molar-refractivity contribution >= 4 is 33.8 Å². The number of primary amides is 1. The summed E-state index contributed by atoms with van der Waals surface area (Å²) in [6, 6.07) is 5.48. The molecule has 1 heterocycles. The van der Waals surface area contributed by atoms with E-state index in [0.29, 0.717) is 16.5 Å². The molecule has 0 bridgehead atoms. The van der Waals surface area contributed by atoms with Crippen LogP contribution >= 0.6 is 11.3 Å². The fraction of sp³-hybridized carbons (Fsp3) is 0.400. The average Bonchev–Trinajstić information content (AvgIpc) is 2.98. The third-order valence-electron chi connectivity index (χ3n) is 5.28. The summed E-state index contributed by atoms with van der Waals surface area (Å²) in [5, 5.41) is 14.1. The molecule has 28 heavy (non-hydrogen) atoms. The van der Waals surface area contributed by atoms with Crippen molar-refractivity contribution in [2.24, 2.45) is 17.1 Å². The number of rotatable bonds is 4. The Kier molecular flexibility index (Phi) is 5.25. The molecule has 1 unspecified atom stereocenters. The van der Waals surface area contributed by atoms with Crippen LogP contribution in [0.25, 0.3) is 0 Å². The number of carbonyl (C=O) groups is 2. The van der Waals surface area contributed by atoms with E-state index >= 15 is 0 Å². The summed E-state index contributed by atoms with van der Waals surface area (Å²) in [4.78, 5) is 36.2. The van der Waals surface area contributed by atoms with E-state index in [1.54, 1.807) is 0 Å². The molecule has 2 amide bonds. The monoisotopic (exact) mass is 401 g/mol. The molecular formula is C20H23N3O4S. The van der Waals surface area contributed by atoms with Crippen LogP contribution in [0.15, 0.2) is 24.3 Å². The largest absolute Gasteiger partial charge is 0.365 e. The number of nitrogens with zero attached hydrogens (tertiary/aromatic N) is 1. The number of carbonyl (C=O) groups excluding carboxylic acids is 2. The topological polar surface area (TPSA) is 115 Å². The molecule has 1 atom stereocenters. The Bertz CT molecular complexity index is 959. The molecule has 1 aliphatic rings. The lowest BCUT2D eigenvalue weighted by Crippen LogP contribution is -2.27. The van der Waals surface area contributed by atoms with Gasteiger partial charge in [-0.25, -0.2) is 0 Å². The van der Waals surface area contributed by atoms with E-state index in [1.165, 1.54) is 35.6 Å². The Labute approximate surface area is 167 Å². The van der Waals surface area contributed by atoms with Crippen molar-refractivity contribution in [2.75, 3.05) is 5.32 Å². The van der Waals surface area contributed by atoms with Crippen LogP contribution in [0, 0.1) is 21.4 Å². The van der Waals surface area contributed by atoms with Crippen LogP contribution in [-0.2, 0) is 12.8 Å². The number of nitro benzene ring substituents is 1. The maximum absolute atomic E-state index is 12.6. The van der Waals surface area contributed by atoms with Crippen molar-refractivity contribution in [1.82, 2.24) is 0 Å². The minimum Gasteiger partial charge on any atom is -0.365 e. The molecule has 0 saturated carbocycles. The number of benzene rings is 1. The van der Waals surface area contributed by atoms with E-state index in [1.807, 2.05) is 0 Å². The van der Waals surface area contributed by atoms with Crippen molar-refractivity contribution in [3.8, 4) is 0 Å². The van der Waals surface area contributed by atoms with Crippen molar-refractivity contribution in [3.05, 3.63) is 55.9 Å². The van der Waals surface area contributed by atoms with Gasteiger partial charge in [-0.2, -0.15) is 0 Å². The second-order valence-electron chi connectivity index (χ2n) is 8.14. The number of thiophene rings is 1. The molecule has 3 N–H and O–H groups in total. The summed E-state index contributed by atoms with van der Waals surface area (Å²) in [5.74, 6) is -0.585. The molecule has 8 heteroatoms. The fourth-order valence-electron chi connectivity index (χ4n) is 3.61. The van der Waals surface area contributed by atoms with Crippen molar-refractivity contribution in [3.63, 3.8) is 0 Å².